The summed E-state index contributed by atoms with van der Waals surface area (Å²) in [5.41, 5.74) is 1.10. The van der Waals surface area contributed by atoms with Crippen molar-refractivity contribution < 1.29 is 19.6 Å². The van der Waals surface area contributed by atoms with Gasteiger partial charge in [-0.1, -0.05) is 23.7 Å². The van der Waals surface area contributed by atoms with E-state index in [1.54, 1.807) is 0 Å². The average molecular weight is 378 g/mol. The summed E-state index contributed by atoms with van der Waals surface area (Å²) < 4.78 is 11.0. The van der Waals surface area contributed by atoms with Gasteiger partial charge in [0.15, 0.2) is 6.54 Å². The Bertz CT molecular complexity index is 692. The van der Waals surface area contributed by atoms with Crippen molar-refractivity contribution in [3.8, 4) is 11.5 Å². The summed E-state index contributed by atoms with van der Waals surface area (Å²) in [4.78, 5) is 11.9. The number of carbonyl (C=O) groups excluding carboxylic acids is 1. The number of hydrogen-bond donors (Lipinski definition) is 2. The number of ether oxygens (including phenoxy) is 2. The van der Waals surface area contributed by atoms with Crippen LogP contribution in [0.1, 0.15) is 25.5 Å². The van der Waals surface area contributed by atoms with E-state index in [1.165, 1.54) is 0 Å². The first-order valence-corrected chi connectivity index (χ1v) is 9.17. The zero-order valence-corrected chi connectivity index (χ0v) is 16.0. The molecular formula is C20H26ClN2O3+. The van der Waals surface area contributed by atoms with Crippen LogP contribution in [0.5, 0.6) is 11.5 Å². The maximum atomic E-state index is 11.9. The molecule has 0 spiro atoms. The van der Waals surface area contributed by atoms with Gasteiger partial charge in [-0.2, -0.15) is 0 Å². The molecule has 2 aromatic carbocycles. The van der Waals surface area contributed by atoms with Gasteiger partial charge in [0.05, 0.1) is 13.2 Å². The molecule has 3 N–H and O–H groups in total. The normalized spacial score (nSPS) is 11.7. The summed E-state index contributed by atoms with van der Waals surface area (Å²) in [5.74, 6) is 1.55. The fourth-order valence-corrected chi connectivity index (χ4v) is 2.64. The molecule has 0 unspecified atom stereocenters. The Balaban J connectivity index is 1.62. The van der Waals surface area contributed by atoms with E-state index >= 15 is 0 Å². The van der Waals surface area contributed by atoms with E-state index in [-0.39, 0.29) is 11.9 Å². The Kier molecular flexibility index (Phi) is 8.25. The minimum Gasteiger partial charge on any atom is -0.494 e. The first-order valence-electron chi connectivity index (χ1n) is 8.79. The number of carbonyl (C=O) groups is 1. The van der Waals surface area contributed by atoms with Crippen molar-refractivity contribution in [2.75, 3.05) is 26.3 Å². The molecule has 26 heavy (non-hydrogen) atoms. The van der Waals surface area contributed by atoms with Crippen LogP contribution in [0.2, 0.25) is 5.02 Å². The fourth-order valence-electron chi connectivity index (χ4n) is 2.44. The molecule has 0 fully saturated rings. The van der Waals surface area contributed by atoms with Gasteiger partial charge in [-0.05, 0) is 50.2 Å². The SMILES string of the molecule is CCOc1ccc(OCCNC(=O)C[NH2+][C@@H](C)c2cccc(Cl)c2)cc1. The van der Waals surface area contributed by atoms with Gasteiger partial charge < -0.3 is 20.1 Å². The van der Waals surface area contributed by atoms with Crippen LogP contribution in [-0.4, -0.2) is 32.2 Å². The van der Waals surface area contributed by atoms with Crippen LogP contribution in [0.25, 0.3) is 0 Å². The summed E-state index contributed by atoms with van der Waals surface area (Å²) in [6, 6.07) is 15.3. The van der Waals surface area contributed by atoms with E-state index < -0.39 is 0 Å². The molecule has 0 bridgehead atoms. The number of rotatable bonds is 10. The van der Waals surface area contributed by atoms with E-state index in [2.05, 4.69) is 5.32 Å². The van der Waals surface area contributed by atoms with Crippen LogP contribution < -0.4 is 20.1 Å². The first-order chi connectivity index (χ1) is 12.6. The first kappa shape index (κ1) is 20.1. The van der Waals surface area contributed by atoms with Gasteiger partial charge in [0, 0.05) is 10.6 Å². The van der Waals surface area contributed by atoms with Crippen molar-refractivity contribution in [2.45, 2.75) is 19.9 Å². The number of halogens is 1. The van der Waals surface area contributed by atoms with Crippen molar-refractivity contribution in [1.82, 2.24) is 5.32 Å². The molecule has 0 radical (unpaired) electrons. The van der Waals surface area contributed by atoms with Crippen molar-refractivity contribution in [3.05, 3.63) is 59.1 Å². The monoisotopic (exact) mass is 377 g/mol. The van der Waals surface area contributed by atoms with Gasteiger partial charge in [-0.15, -0.1) is 0 Å². The molecule has 0 aromatic heterocycles. The lowest BCUT2D eigenvalue weighted by Crippen LogP contribution is -2.87. The molecule has 0 heterocycles. The molecule has 5 nitrogen and oxygen atoms in total. The van der Waals surface area contributed by atoms with E-state index in [0.717, 1.165) is 17.1 Å². The molecule has 2 rings (SSSR count). The highest BCUT2D eigenvalue weighted by Crippen LogP contribution is 2.17. The Morgan fingerprint density at radius 2 is 1.85 bits per heavy atom. The second-order valence-corrected chi connectivity index (χ2v) is 6.32. The lowest BCUT2D eigenvalue weighted by atomic mass is 10.1. The third kappa shape index (κ3) is 6.94. The summed E-state index contributed by atoms with van der Waals surface area (Å²) in [6.07, 6.45) is 0. The van der Waals surface area contributed by atoms with E-state index in [9.17, 15) is 4.79 Å². The molecule has 0 aliphatic heterocycles. The minimum atomic E-state index is -0.0193. The van der Waals surface area contributed by atoms with Gasteiger partial charge in [0.1, 0.15) is 24.1 Å². The molecule has 0 aliphatic carbocycles. The van der Waals surface area contributed by atoms with E-state index in [4.69, 9.17) is 21.1 Å². The zero-order chi connectivity index (χ0) is 18.8. The molecule has 0 aliphatic rings. The van der Waals surface area contributed by atoms with Gasteiger partial charge in [-0.25, -0.2) is 0 Å². The predicted octanol–water partition coefficient (Wildman–Crippen LogP) is 2.56. The number of benzene rings is 2. The molecule has 2 aromatic rings. The Morgan fingerprint density at radius 3 is 2.50 bits per heavy atom. The Labute approximate surface area is 159 Å². The van der Waals surface area contributed by atoms with Crippen LogP contribution >= 0.6 is 11.6 Å². The molecule has 0 saturated heterocycles. The molecule has 140 valence electrons. The topological polar surface area (TPSA) is 64.2 Å². The summed E-state index contributed by atoms with van der Waals surface area (Å²) in [5, 5.41) is 5.54. The van der Waals surface area contributed by atoms with E-state index in [1.807, 2.05) is 67.7 Å². The number of nitrogens with two attached hydrogens (primary N) is 1. The highest BCUT2D eigenvalue weighted by molar-refractivity contribution is 6.30. The number of quaternary nitrogens is 1. The van der Waals surface area contributed by atoms with Gasteiger partial charge in [-0.3, -0.25) is 4.79 Å². The Morgan fingerprint density at radius 1 is 1.15 bits per heavy atom. The standard InChI is InChI=1S/C20H25ClN2O3/c1-3-25-18-7-9-19(10-8-18)26-12-11-22-20(24)14-23-15(2)16-5-4-6-17(21)13-16/h4-10,13,15,23H,3,11-12,14H2,1-2H3,(H,22,24)/p+1/t15-/m0/s1. The fraction of sp³-hybridized carbons (Fsp3) is 0.350. The molecule has 6 heteroatoms. The number of amides is 1. The van der Waals surface area contributed by atoms with Gasteiger partial charge in [0.2, 0.25) is 0 Å². The van der Waals surface area contributed by atoms with Crippen molar-refractivity contribution in [2.24, 2.45) is 0 Å². The van der Waals surface area contributed by atoms with Crippen LogP contribution in [0, 0.1) is 0 Å². The van der Waals surface area contributed by atoms with Gasteiger partial charge >= 0.3 is 0 Å². The molecule has 1 atom stereocenters. The second kappa shape index (κ2) is 10.7. The minimum absolute atomic E-state index is 0.0193. The Hall–Kier alpha value is -2.24. The zero-order valence-electron chi connectivity index (χ0n) is 15.2. The lowest BCUT2D eigenvalue weighted by Gasteiger charge is -2.12. The van der Waals surface area contributed by atoms with Crippen LogP contribution in [-0.2, 0) is 4.79 Å². The smallest absolute Gasteiger partial charge is 0.275 e. The van der Waals surface area contributed by atoms with Crippen molar-refractivity contribution in [1.29, 1.82) is 0 Å². The van der Waals surface area contributed by atoms with Crippen molar-refractivity contribution in [3.63, 3.8) is 0 Å². The van der Waals surface area contributed by atoms with E-state index in [0.29, 0.717) is 31.3 Å². The van der Waals surface area contributed by atoms with Crippen LogP contribution in [0.4, 0.5) is 0 Å². The predicted molar refractivity (Wildman–Crippen MR) is 103 cm³/mol. The summed E-state index contributed by atoms with van der Waals surface area (Å²) >= 11 is 6.00. The highest BCUT2D eigenvalue weighted by Gasteiger charge is 2.11. The largest absolute Gasteiger partial charge is 0.494 e. The molecule has 1 amide bonds. The average Bonchev–Trinajstić information content (AvgIpc) is 2.65. The third-order valence-corrected chi connectivity index (χ3v) is 4.09. The lowest BCUT2D eigenvalue weighted by molar-refractivity contribution is -0.682. The number of nitrogens with one attached hydrogen (secondary N) is 1. The molecule has 0 saturated carbocycles. The van der Waals surface area contributed by atoms with Crippen LogP contribution in [0.3, 0.4) is 0 Å². The van der Waals surface area contributed by atoms with Gasteiger partial charge in [0.25, 0.3) is 5.91 Å². The second-order valence-electron chi connectivity index (χ2n) is 5.89. The highest BCUT2D eigenvalue weighted by atomic mass is 35.5. The van der Waals surface area contributed by atoms with Crippen molar-refractivity contribution >= 4 is 17.5 Å². The van der Waals surface area contributed by atoms with Crippen LogP contribution in [0.15, 0.2) is 48.5 Å². The summed E-state index contributed by atoms with van der Waals surface area (Å²) in [7, 11) is 0. The maximum absolute atomic E-state index is 11.9. The summed E-state index contributed by atoms with van der Waals surface area (Å²) in [6.45, 7) is 5.87. The maximum Gasteiger partial charge on any atom is 0.275 e. The number of hydrogen-bond acceptors (Lipinski definition) is 3. The quantitative estimate of drug-likeness (QED) is 0.625. The third-order valence-electron chi connectivity index (χ3n) is 3.86. The molecular weight excluding hydrogens is 352 g/mol.